The van der Waals surface area contributed by atoms with E-state index in [-0.39, 0.29) is 0 Å². The highest BCUT2D eigenvalue weighted by atomic mass is 14.9. The van der Waals surface area contributed by atoms with Gasteiger partial charge in [0.2, 0.25) is 0 Å². The molecule has 318 valence electrons. The van der Waals surface area contributed by atoms with Crippen molar-refractivity contribution in [2.24, 2.45) is 0 Å². The third-order valence-electron chi connectivity index (χ3n) is 12.7. The van der Waals surface area contributed by atoms with Gasteiger partial charge >= 0.3 is 0 Å². The maximum absolute atomic E-state index is 5.32. The number of benzene rings is 10. The molecule has 2 aromatic heterocycles. The fourth-order valence-corrected chi connectivity index (χ4v) is 9.24. The van der Waals surface area contributed by atoms with Crippen molar-refractivity contribution in [1.29, 1.82) is 0 Å². The van der Waals surface area contributed by atoms with Crippen LogP contribution in [0.5, 0.6) is 0 Å². The number of para-hydroxylation sites is 2. The minimum Gasteiger partial charge on any atom is -0.228 e. The fraction of sp³-hybridized carbons (Fsp3) is 0. The molecule has 2 heterocycles. The van der Waals surface area contributed by atoms with Gasteiger partial charge in [0.15, 0.2) is 11.6 Å². The molecule has 0 radical (unpaired) electrons. The molecular formula is C64H42N4. The second-order valence-corrected chi connectivity index (χ2v) is 17.0. The van der Waals surface area contributed by atoms with Crippen LogP contribution in [0.3, 0.4) is 0 Å². The number of hydrogen-bond acceptors (Lipinski definition) is 4. The molecule has 12 aromatic rings. The summed E-state index contributed by atoms with van der Waals surface area (Å²) in [5.74, 6) is 1.34. The summed E-state index contributed by atoms with van der Waals surface area (Å²) in [5, 5.41) is 2.02. The van der Waals surface area contributed by atoms with Crippen LogP contribution in [-0.4, -0.2) is 19.9 Å². The molecule has 0 saturated heterocycles. The van der Waals surface area contributed by atoms with E-state index in [2.05, 4.69) is 243 Å². The summed E-state index contributed by atoms with van der Waals surface area (Å²) in [6.45, 7) is 0. The first-order valence-corrected chi connectivity index (χ1v) is 22.9. The highest BCUT2D eigenvalue weighted by Gasteiger charge is 2.16. The summed E-state index contributed by atoms with van der Waals surface area (Å²) in [6, 6.07) is 89.4. The summed E-state index contributed by atoms with van der Waals surface area (Å²) in [5.41, 5.74) is 19.0. The minimum absolute atomic E-state index is 0.671. The third-order valence-corrected chi connectivity index (χ3v) is 12.7. The monoisotopic (exact) mass is 866 g/mol. The Labute approximate surface area is 395 Å². The van der Waals surface area contributed by atoms with Gasteiger partial charge in [0.05, 0.1) is 22.4 Å². The van der Waals surface area contributed by atoms with E-state index in [4.69, 9.17) is 19.9 Å². The Kier molecular flexibility index (Phi) is 10.5. The van der Waals surface area contributed by atoms with Crippen LogP contribution in [0, 0.1) is 0 Å². The standard InChI is InChI=1S/C64H42N4/c1-3-17-43(18-4-1)45-21-11-23-47(37-45)49-25-13-29-53(39-49)61-57-33-7-9-35-59(57)65-63(67-61)55-31-15-27-51(41-55)52-28-16-32-56(42-52)64-66-60-36-10-8-34-58(60)62(68-64)54-30-14-26-50(40-54)48-24-12-22-46(38-48)44-19-5-2-6-20-44/h1-42H. The number of aromatic nitrogens is 4. The van der Waals surface area contributed by atoms with Crippen molar-refractivity contribution in [3.05, 3.63) is 255 Å². The Morgan fingerprint density at radius 2 is 0.426 bits per heavy atom. The smallest absolute Gasteiger partial charge is 0.160 e. The topological polar surface area (TPSA) is 51.6 Å². The SMILES string of the molecule is c1ccc(-c2cccc(-c3cccc(-c4nc(-c5cccc(-c6cccc(-c7nc(-c8cccc(-c9cccc(-c%10ccccc%10)c9)c8)c8ccccc8n7)c6)c5)nc5ccccc45)c3)c2)cc1. The van der Waals surface area contributed by atoms with E-state index < -0.39 is 0 Å². The number of hydrogen-bond donors (Lipinski definition) is 0. The largest absolute Gasteiger partial charge is 0.228 e. The summed E-state index contributed by atoms with van der Waals surface area (Å²) < 4.78 is 0. The molecule has 0 spiro atoms. The van der Waals surface area contributed by atoms with Crippen molar-refractivity contribution in [3.8, 4) is 101 Å². The van der Waals surface area contributed by atoms with Crippen molar-refractivity contribution in [3.63, 3.8) is 0 Å². The Morgan fingerprint density at radius 1 is 0.176 bits per heavy atom. The molecular weight excluding hydrogens is 825 g/mol. The van der Waals surface area contributed by atoms with Gasteiger partial charge in [-0.05, 0) is 104 Å². The van der Waals surface area contributed by atoms with Gasteiger partial charge < -0.3 is 0 Å². The summed E-state index contributed by atoms with van der Waals surface area (Å²) >= 11 is 0. The highest BCUT2D eigenvalue weighted by molar-refractivity contribution is 5.96. The van der Waals surface area contributed by atoms with E-state index >= 15 is 0 Å². The van der Waals surface area contributed by atoms with Gasteiger partial charge in [0.25, 0.3) is 0 Å². The number of rotatable bonds is 9. The van der Waals surface area contributed by atoms with Crippen LogP contribution in [0.25, 0.3) is 123 Å². The molecule has 0 bridgehead atoms. The van der Waals surface area contributed by atoms with E-state index in [0.29, 0.717) is 11.6 Å². The lowest BCUT2D eigenvalue weighted by molar-refractivity contribution is 1.23. The van der Waals surface area contributed by atoms with Gasteiger partial charge in [-0.3, -0.25) is 0 Å². The second kappa shape index (κ2) is 17.7. The first-order chi connectivity index (χ1) is 33.7. The fourth-order valence-electron chi connectivity index (χ4n) is 9.24. The molecule has 0 saturated carbocycles. The molecule has 68 heavy (non-hydrogen) atoms. The third kappa shape index (κ3) is 8.01. The predicted molar refractivity (Wildman–Crippen MR) is 282 cm³/mol. The van der Waals surface area contributed by atoms with Gasteiger partial charge in [-0.25, -0.2) is 19.9 Å². The lowest BCUT2D eigenvalue weighted by atomic mass is 9.96. The summed E-state index contributed by atoms with van der Waals surface area (Å²) in [4.78, 5) is 20.9. The van der Waals surface area contributed by atoms with Gasteiger partial charge in [0, 0.05) is 33.0 Å². The molecule has 0 amide bonds. The Hall–Kier alpha value is -9.12. The van der Waals surface area contributed by atoms with Crippen molar-refractivity contribution < 1.29 is 0 Å². The van der Waals surface area contributed by atoms with E-state index in [0.717, 1.165) is 88.8 Å². The lowest BCUT2D eigenvalue weighted by Crippen LogP contribution is -1.96. The average molecular weight is 867 g/mol. The molecule has 4 heteroatoms. The second-order valence-electron chi connectivity index (χ2n) is 17.0. The lowest BCUT2D eigenvalue weighted by Gasteiger charge is -2.13. The zero-order valence-corrected chi connectivity index (χ0v) is 37.0. The van der Waals surface area contributed by atoms with Crippen LogP contribution in [-0.2, 0) is 0 Å². The van der Waals surface area contributed by atoms with Crippen LogP contribution in [0.2, 0.25) is 0 Å². The molecule has 0 aliphatic heterocycles. The maximum Gasteiger partial charge on any atom is 0.160 e. The van der Waals surface area contributed by atoms with Crippen molar-refractivity contribution >= 4 is 21.8 Å². The Morgan fingerprint density at radius 3 is 0.794 bits per heavy atom. The van der Waals surface area contributed by atoms with Gasteiger partial charge in [0.1, 0.15) is 0 Å². The van der Waals surface area contributed by atoms with Gasteiger partial charge in [-0.2, -0.15) is 0 Å². The Balaban J connectivity index is 0.889. The molecule has 10 aromatic carbocycles. The van der Waals surface area contributed by atoms with Crippen LogP contribution in [0.4, 0.5) is 0 Å². The predicted octanol–water partition coefficient (Wildman–Crippen LogP) is 16.6. The average Bonchev–Trinajstić information content (AvgIpc) is 3.43. The number of nitrogens with zero attached hydrogens (tertiary/aromatic N) is 4. The highest BCUT2D eigenvalue weighted by Crippen LogP contribution is 2.37. The van der Waals surface area contributed by atoms with Crippen LogP contribution in [0.15, 0.2) is 255 Å². The van der Waals surface area contributed by atoms with Crippen LogP contribution >= 0.6 is 0 Å². The maximum atomic E-state index is 5.32. The summed E-state index contributed by atoms with van der Waals surface area (Å²) in [6.07, 6.45) is 0. The van der Waals surface area contributed by atoms with E-state index in [1.165, 1.54) is 22.3 Å². The number of fused-ring (bicyclic) bond motifs is 2. The van der Waals surface area contributed by atoms with E-state index in [9.17, 15) is 0 Å². The van der Waals surface area contributed by atoms with Crippen molar-refractivity contribution in [2.75, 3.05) is 0 Å². The zero-order valence-electron chi connectivity index (χ0n) is 37.0. The zero-order chi connectivity index (χ0) is 45.2. The van der Waals surface area contributed by atoms with E-state index in [1.54, 1.807) is 0 Å². The molecule has 12 rings (SSSR count). The molecule has 0 aliphatic rings. The first-order valence-electron chi connectivity index (χ1n) is 22.9. The molecule has 0 N–H and O–H groups in total. The van der Waals surface area contributed by atoms with Gasteiger partial charge in [-0.1, -0.05) is 206 Å². The van der Waals surface area contributed by atoms with Gasteiger partial charge in [-0.15, -0.1) is 0 Å². The molecule has 0 aliphatic carbocycles. The molecule has 0 fully saturated rings. The Bertz CT molecular complexity index is 3550. The molecule has 0 atom stereocenters. The first kappa shape index (κ1) is 40.4. The molecule has 4 nitrogen and oxygen atoms in total. The van der Waals surface area contributed by atoms with Crippen molar-refractivity contribution in [2.45, 2.75) is 0 Å². The van der Waals surface area contributed by atoms with Crippen molar-refractivity contribution in [1.82, 2.24) is 19.9 Å². The quantitative estimate of drug-likeness (QED) is 0.145. The van der Waals surface area contributed by atoms with Crippen LogP contribution < -0.4 is 0 Å². The minimum atomic E-state index is 0.671. The van der Waals surface area contributed by atoms with Crippen LogP contribution in [0.1, 0.15) is 0 Å². The summed E-state index contributed by atoms with van der Waals surface area (Å²) in [7, 11) is 0. The molecule has 0 unspecified atom stereocenters. The normalized spacial score (nSPS) is 11.2. The van der Waals surface area contributed by atoms with E-state index in [1.807, 2.05) is 12.1 Å².